The summed E-state index contributed by atoms with van der Waals surface area (Å²) in [6.45, 7) is 8.67. The zero-order valence-corrected chi connectivity index (χ0v) is 18.2. The number of benzene rings is 2. The molecule has 0 bridgehead atoms. The van der Waals surface area contributed by atoms with Crippen LogP contribution in [0.3, 0.4) is 0 Å². The Balaban J connectivity index is 1.69. The quantitative estimate of drug-likeness (QED) is 0.701. The highest BCUT2D eigenvalue weighted by molar-refractivity contribution is 5.88. The molecule has 0 saturated carbocycles. The minimum Gasteiger partial charge on any atom is -0.444 e. The van der Waals surface area contributed by atoms with Crippen LogP contribution in [0, 0.1) is 0 Å². The second kappa shape index (κ2) is 7.78. The van der Waals surface area contributed by atoms with E-state index in [1.807, 2.05) is 56.0 Å². The van der Waals surface area contributed by atoms with Gasteiger partial charge in [-0.15, -0.1) is 0 Å². The minimum absolute atomic E-state index is 0.0324. The first-order chi connectivity index (χ1) is 14.2. The summed E-state index contributed by atoms with van der Waals surface area (Å²) in [7, 11) is 0. The van der Waals surface area contributed by atoms with E-state index in [1.165, 1.54) is 11.1 Å². The van der Waals surface area contributed by atoms with Crippen LogP contribution in [0.25, 0.3) is 0 Å². The van der Waals surface area contributed by atoms with Crippen molar-refractivity contribution in [1.29, 1.82) is 0 Å². The molecule has 2 atom stereocenters. The van der Waals surface area contributed by atoms with E-state index in [0.717, 1.165) is 24.0 Å². The summed E-state index contributed by atoms with van der Waals surface area (Å²) < 4.78 is 5.66. The Labute approximate surface area is 178 Å². The van der Waals surface area contributed by atoms with Gasteiger partial charge in [-0.3, -0.25) is 9.69 Å². The van der Waals surface area contributed by atoms with Crippen molar-refractivity contribution in [2.45, 2.75) is 64.8 Å². The number of hydrogen-bond acceptors (Lipinski definition) is 3. The lowest BCUT2D eigenvalue weighted by molar-refractivity contribution is -0.140. The number of carbonyl (C=O) groups excluding carboxylic acids is 2. The lowest BCUT2D eigenvalue weighted by Gasteiger charge is -2.42. The molecule has 1 unspecified atom stereocenters. The summed E-state index contributed by atoms with van der Waals surface area (Å²) in [5.41, 5.74) is 3.89. The molecule has 5 heteroatoms. The smallest absolute Gasteiger partial charge is 0.411 e. The fourth-order valence-electron chi connectivity index (χ4n) is 4.48. The van der Waals surface area contributed by atoms with Gasteiger partial charge in [0.25, 0.3) is 5.91 Å². The third-order valence-electron chi connectivity index (χ3n) is 5.93. The second-order valence-electron chi connectivity index (χ2n) is 9.31. The van der Waals surface area contributed by atoms with Crippen LogP contribution in [-0.4, -0.2) is 40.0 Å². The Bertz CT molecular complexity index is 963. The molecule has 158 valence electrons. The van der Waals surface area contributed by atoms with Gasteiger partial charge in [0.2, 0.25) is 0 Å². The molecule has 0 saturated heterocycles. The molecule has 0 aliphatic carbocycles. The molecule has 2 heterocycles. The largest absolute Gasteiger partial charge is 0.444 e. The Morgan fingerprint density at radius 1 is 0.933 bits per heavy atom. The number of rotatable bonds is 1. The summed E-state index contributed by atoms with van der Waals surface area (Å²) in [6, 6.07) is 15.6. The van der Waals surface area contributed by atoms with Gasteiger partial charge in [0.1, 0.15) is 11.6 Å². The fourth-order valence-corrected chi connectivity index (χ4v) is 4.48. The van der Waals surface area contributed by atoms with Crippen LogP contribution in [0.15, 0.2) is 48.5 Å². The molecule has 30 heavy (non-hydrogen) atoms. The molecule has 0 radical (unpaired) electrons. The highest BCUT2D eigenvalue weighted by atomic mass is 16.6. The van der Waals surface area contributed by atoms with Gasteiger partial charge in [0.05, 0.1) is 0 Å². The van der Waals surface area contributed by atoms with Gasteiger partial charge < -0.3 is 9.64 Å². The first-order valence-corrected chi connectivity index (χ1v) is 10.7. The van der Waals surface area contributed by atoms with Gasteiger partial charge >= 0.3 is 6.09 Å². The van der Waals surface area contributed by atoms with Crippen LogP contribution in [0.5, 0.6) is 0 Å². The zero-order valence-electron chi connectivity index (χ0n) is 18.2. The van der Waals surface area contributed by atoms with Crippen molar-refractivity contribution in [3.63, 3.8) is 0 Å². The van der Waals surface area contributed by atoms with E-state index >= 15 is 0 Å². The van der Waals surface area contributed by atoms with Gasteiger partial charge in [-0.25, -0.2) is 4.79 Å². The maximum Gasteiger partial charge on any atom is 0.411 e. The predicted molar refractivity (Wildman–Crippen MR) is 116 cm³/mol. The van der Waals surface area contributed by atoms with Crippen molar-refractivity contribution in [3.05, 3.63) is 70.8 Å². The zero-order chi connectivity index (χ0) is 21.5. The average Bonchev–Trinajstić information content (AvgIpc) is 2.70. The van der Waals surface area contributed by atoms with E-state index in [4.69, 9.17) is 4.74 Å². The van der Waals surface area contributed by atoms with Gasteiger partial charge in [0, 0.05) is 19.1 Å². The van der Waals surface area contributed by atoms with E-state index in [1.54, 1.807) is 4.90 Å². The van der Waals surface area contributed by atoms with Crippen molar-refractivity contribution < 1.29 is 14.3 Å². The molecule has 2 aliphatic rings. The van der Waals surface area contributed by atoms with Gasteiger partial charge in [-0.2, -0.15) is 0 Å². The van der Waals surface area contributed by atoms with E-state index < -0.39 is 17.7 Å². The Morgan fingerprint density at radius 3 is 2.27 bits per heavy atom. The molecule has 2 aromatic rings. The molecule has 0 fully saturated rings. The van der Waals surface area contributed by atoms with Crippen LogP contribution < -0.4 is 0 Å². The van der Waals surface area contributed by atoms with Crippen molar-refractivity contribution in [1.82, 2.24) is 9.80 Å². The minimum atomic E-state index is -0.655. The molecular formula is C25H30N2O3. The SMILES string of the molecule is C[C@@H]1Cc2ccccc2CN1C(=O)C1c2ccccc2CCN1C(=O)OC(C)(C)C. The van der Waals surface area contributed by atoms with Crippen LogP contribution in [0.4, 0.5) is 4.79 Å². The van der Waals surface area contributed by atoms with Crippen LogP contribution in [0.1, 0.15) is 56.0 Å². The molecule has 2 aromatic carbocycles. The average molecular weight is 407 g/mol. The van der Waals surface area contributed by atoms with Crippen molar-refractivity contribution in [2.75, 3.05) is 6.54 Å². The topological polar surface area (TPSA) is 49.9 Å². The summed E-state index contributed by atoms with van der Waals surface area (Å²) in [4.78, 5) is 30.5. The molecule has 0 N–H and O–H groups in total. The first kappa shape index (κ1) is 20.5. The predicted octanol–water partition coefficient (Wildman–Crippen LogP) is 4.49. The van der Waals surface area contributed by atoms with E-state index in [9.17, 15) is 9.59 Å². The second-order valence-corrected chi connectivity index (χ2v) is 9.31. The maximum atomic E-state index is 13.9. The molecule has 2 aliphatic heterocycles. The highest BCUT2D eigenvalue weighted by Crippen LogP contribution is 2.35. The van der Waals surface area contributed by atoms with E-state index in [0.29, 0.717) is 13.1 Å². The lowest BCUT2D eigenvalue weighted by atomic mass is 9.89. The number of carbonyl (C=O) groups is 2. The van der Waals surface area contributed by atoms with E-state index in [2.05, 4.69) is 25.1 Å². The molecule has 2 amide bonds. The monoisotopic (exact) mass is 406 g/mol. The molecule has 0 aromatic heterocycles. The summed E-state index contributed by atoms with van der Waals surface area (Å²) in [6.07, 6.45) is 1.11. The lowest BCUT2D eigenvalue weighted by Crippen LogP contribution is -2.52. The number of ether oxygens (including phenoxy) is 1. The third kappa shape index (κ3) is 3.93. The normalized spacial score (nSPS) is 20.9. The highest BCUT2D eigenvalue weighted by Gasteiger charge is 2.41. The Hall–Kier alpha value is -2.82. The van der Waals surface area contributed by atoms with Crippen molar-refractivity contribution in [3.8, 4) is 0 Å². The van der Waals surface area contributed by atoms with Crippen LogP contribution >= 0.6 is 0 Å². The van der Waals surface area contributed by atoms with Crippen molar-refractivity contribution in [2.24, 2.45) is 0 Å². The van der Waals surface area contributed by atoms with Crippen molar-refractivity contribution >= 4 is 12.0 Å². The number of nitrogens with zero attached hydrogens (tertiary/aromatic N) is 2. The standard InChI is InChI=1S/C25H30N2O3/c1-17-15-19-10-5-6-11-20(19)16-27(17)23(28)22-21-12-8-7-9-18(21)13-14-26(22)24(29)30-25(2,3)4/h5-12,17,22H,13-16H2,1-4H3/t17-,22?/m1/s1. The summed E-state index contributed by atoms with van der Waals surface area (Å²) >= 11 is 0. The summed E-state index contributed by atoms with van der Waals surface area (Å²) in [5, 5.41) is 0. The summed E-state index contributed by atoms with van der Waals surface area (Å²) in [5.74, 6) is -0.0324. The Morgan fingerprint density at radius 2 is 1.57 bits per heavy atom. The molecule has 5 nitrogen and oxygen atoms in total. The third-order valence-corrected chi connectivity index (χ3v) is 5.93. The maximum absolute atomic E-state index is 13.9. The van der Waals surface area contributed by atoms with Gasteiger partial charge in [-0.05, 0) is 62.8 Å². The number of fused-ring (bicyclic) bond motifs is 2. The van der Waals surface area contributed by atoms with Gasteiger partial charge in [-0.1, -0.05) is 48.5 Å². The van der Waals surface area contributed by atoms with Crippen LogP contribution in [0.2, 0.25) is 0 Å². The first-order valence-electron chi connectivity index (χ1n) is 10.7. The Kier molecular flexibility index (Phi) is 5.31. The molecule has 4 rings (SSSR count). The van der Waals surface area contributed by atoms with E-state index in [-0.39, 0.29) is 11.9 Å². The van der Waals surface area contributed by atoms with Gasteiger partial charge in [0.15, 0.2) is 0 Å². The van der Waals surface area contributed by atoms with Crippen LogP contribution in [-0.2, 0) is 28.9 Å². The number of amides is 2. The fraction of sp³-hybridized carbons (Fsp3) is 0.440. The molecular weight excluding hydrogens is 376 g/mol. The number of hydrogen-bond donors (Lipinski definition) is 0. The molecule has 0 spiro atoms.